The maximum atomic E-state index is 13.1. The first-order chi connectivity index (χ1) is 11.6. The smallest absolute Gasteiger partial charge is 0.264 e. The van der Waals surface area contributed by atoms with Crippen LogP contribution in [0.4, 0.5) is 5.69 Å². The lowest BCUT2D eigenvalue weighted by molar-refractivity contribution is -0.140. The van der Waals surface area contributed by atoms with Gasteiger partial charge >= 0.3 is 0 Å². The van der Waals surface area contributed by atoms with Crippen LogP contribution in [-0.2, 0) is 15.1 Å². The Balaban J connectivity index is 2.42. The standard InChI is InChI=1S/C15H16N4O3/c1-8-17-10-5-3-4-9(16)12(10)13(21)19(8)15(2)7-6-11(20)18-14(15)22/h3-5H,6-7,16H2,1-2H3,(H,18,20,22)/i1D3. The normalized spacial score (nSPS) is 24.5. The number of aryl methyl sites for hydroxylation is 1. The van der Waals surface area contributed by atoms with E-state index in [1.807, 2.05) is 0 Å². The number of nitrogens with two attached hydrogens (primary N) is 1. The average molecular weight is 303 g/mol. The molecule has 1 atom stereocenters. The molecule has 0 saturated carbocycles. The molecular formula is C15H16N4O3. The van der Waals surface area contributed by atoms with Crippen LogP contribution in [0.15, 0.2) is 23.0 Å². The van der Waals surface area contributed by atoms with Gasteiger partial charge in [-0.15, -0.1) is 0 Å². The maximum absolute atomic E-state index is 13.1. The molecule has 22 heavy (non-hydrogen) atoms. The van der Waals surface area contributed by atoms with Crippen LogP contribution in [0, 0.1) is 6.85 Å². The molecule has 2 amide bonds. The van der Waals surface area contributed by atoms with Gasteiger partial charge in [0.25, 0.3) is 11.5 Å². The molecule has 0 spiro atoms. The lowest BCUT2D eigenvalue weighted by Gasteiger charge is -2.34. The Labute approximate surface area is 130 Å². The van der Waals surface area contributed by atoms with Crippen LogP contribution in [0.3, 0.4) is 0 Å². The molecule has 1 aromatic carbocycles. The summed E-state index contributed by atoms with van der Waals surface area (Å²) in [5, 5.41) is 2.20. The minimum absolute atomic E-state index is 0.0133. The van der Waals surface area contributed by atoms with E-state index in [-0.39, 0.29) is 29.4 Å². The van der Waals surface area contributed by atoms with Crippen LogP contribution >= 0.6 is 0 Å². The van der Waals surface area contributed by atoms with Gasteiger partial charge in [-0.25, -0.2) is 4.98 Å². The number of carbonyl (C=O) groups excluding carboxylic acids is 2. The van der Waals surface area contributed by atoms with Crippen LogP contribution in [-0.4, -0.2) is 21.4 Å². The van der Waals surface area contributed by atoms with E-state index in [0.29, 0.717) is 0 Å². The number of anilines is 1. The Hall–Kier alpha value is -2.70. The summed E-state index contributed by atoms with van der Waals surface area (Å²) >= 11 is 0. The van der Waals surface area contributed by atoms with Gasteiger partial charge in [0.2, 0.25) is 5.91 Å². The number of rotatable bonds is 1. The number of nitrogen functional groups attached to an aromatic ring is 1. The van der Waals surface area contributed by atoms with Gasteiger partial charge in [-0.05, 0) is 32.3 Å². The predicted octanol–water partition coefficient (Wildman–Crippen LogP) is 0.439. The van der Waals surface area contributed by atoms with Crippen molar-refractivity contribution in [2.45, 2.75) is 32.2 Å². The Morgan fingerprint density at radius 1 is 1.41 bits per heavy atom. The van der Waals surface area contributed by atoms with E-state index in [1.54, 1.807) is 6.07 Å². The minimum atomic E-state index is -2.73. The summed E-state index contributed by atoms with van der Waals surface area (Å²) in [4.78, 5) is 41.1. The van der Waals surface area contributed by atoms with Crippen LogP contribution in [0.5, 0.6) is 0 Å². The summed E-state index contributed by atoms with van der Waals surface area (Å²) in [5.41, 5.74) is 3.87. The van der Waals surface area contributed by atoms with E-state index < -0.39 is 35.6 Å². The summed E-state index contributed by atoms with van der Waals surface area (Å²) in [6.07, 6.45) is -0.0298. The molecule has 1 aliphatic rings. The number of fused-ring (bicyclic) bond motifs is 1. The fourth-order valence-corrected chi connectivity index (χ4v) is 2.72. The van der Waals surface area contributed by atoms with Crippen LogP contribution in [0.1, 0.15) is 29.7 Å². The molecule has 1 fully saturated rings. The molecule has 3 N–H and O–H groups in total. The van der Waals surface area contributed by atoms with Crippen molar-refractivity contribution >= 4 is 28.4 Å². The molecule has 3 rings (SSSR count). The lowest BCUT2D eigenvalue weighted by Crippen LogP contribution is -2.56. The summed E-state index contributed by atoms with van der Waals surface area (Å²) in [6.45, 7) is -1.32. The molecule has 0 radical (unpaired) electrons. The van der Waals surface area contributed by atoms with Crippen LogP contribution in [0.2, 0.25) is 0 Å². The van der Waals surface area contributed by atoms with E-state index in [9.17, 15) is 14.4 Å². The second-order valence-corrected chi connectivity index (χ2v) is 5.47. The molecule has 1 aromatic heterocycles. The third kappa shape index (κ3) is 1.89. The number of nitrogens with one attached hydrogen (secondary N) is 1. The predicted molar refractivity (Wildman–Crippen MR) is 81.2 cm³/mol. The van der Waals surface area contributed by atoms with Gasteiger partial charge in [0.15, 0.2) is 0 Å². The van der Waals surface area contributed by atoms with Crippen molar-refractivity contribution < 1.29 is 13.7 Å². The zero-order valence-corrected chi connectivity index (χ0v) is 11.8. The number of hydrogen-bond acceptors (Lipinski definition) is 5. The second kappa shape index (κ2) is 4.66. The Bertz CT molecular complexity index is 967. The van der Waals surface area contributed by atoms with Gasteiger partial charge in [0, 0.05) is 16.2 Å². The number of piperidine rings is 1. The van der Waals surface area contributed by atoms with E-state index in [4.69, 9.17) is 9.85 Å². The van der Waals surface area contributed by atoms with Gasteiger partial charge in [-0.2, -0.15) is 0 Å². The summed E-state index contributed by atoms with van der Waals surface area (Å²) < 4.78 is 24.1. The van der Waals surface area contributed by atoms with Gasteiger partial charge in [-0.3, -0.25) is 24.3 Å². The monoisotopic (exact) mass is 303 g/mol. The van der Waals surface area contributed by atoms with Gasteiger partial charge in [0.05, 0.1) is 10.9 Å². The van der Waals surface area contributed by atoms with Crippen molar-refractivity contribution in [1.29, 1.82) is 0 Å². The summed E-state index contributed by atoms with van der Waals surface area (Å²) in [7, 11) is 0. The number of amides is 2. The number of benzene rings is 1. The molecule has 7 nitrogen and oxygen atoms in total. The van der Waals surface area contributed by atoms with Crippen molar-refractivity contribution in [2.24, 2.45) is 0 Å². The molecule has 2 aromatic rings. The Morgan fingerprint density at radius 2 is 2.18 bits per heavy atom. The molecule has 1 saturated heterocycles. The number of aromatic nitrogens is 2. The molecule has 0 aliphatic carbocycles. The molecule has 7 heteroatoms. The minimum Gasteiger partial charge on any atom is -0.398 e. The molecule has 1 aliphatic heterocycles. The Kier molecular flexibility index (Phi) is 2.32. The van der Waals surface area contributed by atoms with E-state index in [0.717, 1.165) is 4.57 Å². The third-order valence-corrected chi connectivity index (χ3v) is 4.00. The van der Waals surface area contributed by atoms with Crippen LogP contribution < -0.4 is 16.6 Å². The zero-order chi connectivity index (χ0) is 18.6. The first-order valence-electron chi connectivity index (χ1n) is 8.22. The van der Waals surface area contributed by atoms with E-state index in [1.165, 1.54) is 19.1 Å². The molecule has 2 heterocycles. The highest BCUT2D eigenvalue weighted by Crippen LogP contribution is 2.27. The zero-order valence-electron chi connectivity index (χ0n) is 14.8. The highest BCUT2D eigenvalue weighted by Gasteiger charge is 2.42. The second-order valence-electron chi connectivity index (χ2n) is 5.47. The van der Waals surface area contributed by atoms with Gasteiger partial charge in [0.1, 0.15) is 11.4 Å². The SMILES string of the molecule is [2H]C([2H])([2H])c1nc2cccc(N)c2c(=O)n1C1(C)CCC(=O)NC1=O. The number of imide groups is 1. The fraction of sp³-hybridized carbons (Fsp3) is 0.333. The Morgan fingerprint density at radius 3 is 2.86 bits per heavy atom. The summed E-state index contributed by atoms with van der Waals surface area (Å²) in [6, 6.07) is 4.54. The lowest BCUT2D eigenvalue weighted by atomic mass is 9.90. The largest absolute Gasteiger partial charge is 0.398 e. The maximum Gasteiger partial charge on any atom is 0.264 e. The first-order valence-corrected chi connectivity index (χ1v) is 6.72. The third-order valence-electron chi connectivity index (χ3n) is 4.00. The van der Waals surface area contributed by atoms with Crippen molar-refractivity contribution in [3.63, 3.8) is 0 Å². The van der Waals surface area contributed by atoms with Crippen molar-refractivity contribution in [3.05, 3.63) is 34.4 Å². The fourth-order valence-electron chi connectivity index (χ4n) is 2.72. The number of carbonyl (C=O) groups is 2. The van der Waals surface area contributed by atoms with Crippen molar-refractivity contribution in [3.8, 4) is 0 Å². The topological polar surface area (TPSA) is 107 Å². The molecule has 1 unspecified atom stereocenters. The highest BCUT2D eigenvalue weighted by atomic mass is 16.2. The summed E-state index contributed by atoms with van der Waals surface area (Å²) in [5.74, 6) is -1.73. The number of hydrogen-bond donors (Lipinski definition) is 2. The van der Waals surface area contributed by atoms with Crippen molar-refractivity contribution in [2.75, 3.05) is 5.73 Å². The molecular weight excluding hydrogens is 284 g/mol. The molecule has 114 valence electrons. The van der Waals surface area contributed by atoms with Crippen LogP contribution in [0.25, 0.3) is 10.9 Å². The van der Waals surface area contributed by atoms with Gasteiger partial charge in [-0.1, -0.05) is 6.07 Å². The quantitative estimate of drug-likeness (QED) is 0.587. The average Bonchev–Trinajstić information content (AvgIpc) is 2.50. The first kappa shape index (κ1) is 10.9. The highest BCUT2D eigenvalue weighted by molar-refractivity contribution is 6.01. The number of nitrogens with zero attached hydrogens (tertiary/aromatic N) is 2. The van der Waals surface area contributed by atoms with E-state index >= 15 is 0 Å². The van der Waals surface area contributed by atoms with Crippen molar-refractivity contribution in [1.82, 2.24) is 14.9 Å². The van der Waals surface area contributed by atoms with E-state index in [2.05, 4.69) is 10.3 Å². The molecule has 0 bridgehead atoms. The van der Waals surface area contributed by atoms with Gasteiger partial charge < -0.3 is 5.73 Å².